The third-order valence-electron chi connectivity index (χ3n) is 5.97. The van der Waals surface area contributed by atoms with Crippen molar-refractivity contribution < 1.29 is 9.53 Å². The smallest absolute Gasteiger partial charge is 0.240 e. The second-order valence-electron chi connectivity index (χ2n) is 8.30. The molecule has 1 fully saturated rings. The molecule has 30 heavy (non-hydrogen) atoms. The zero-order chi connectivity index (χ0) is 20.9. The third kappa shape index (κ3) is 4.58. The van der Waals surface area contributed by atoms with Crippen LogP contribution in [0.1, 0.15) is 13.8 Å². The van der Waals surface area contributed by atoms with Crippen LogP contribution in [0.2, 0.25) is 0 Å². The summed E-state index contributed by atoms with van der Waals surface area (Å²) >= 11 is 0. The van der Waals surface area contributed by atoms with E-state index in [1.54, 1.807) is 0 Å². The SMILES string of the molecule is CC(C)C(CNC(=O)Cn1c(-c2ccccc2)cc2ccccc21)N1CCOCC1. The molecule has 1 amide bonds. The molecule has 2 aromatic carbocycles. The molecule has 5 heteroatoms. The Hall–Kier alpha value is -2.63. The lowest BCUT2D eigenvalue weighted by molar-refractivity contribution is -0.122. The van der Waals surface area contributed by atoms with Crippen LogP contribution < -0.4 is 5.32 Å². The van der Waals surface area contributed by atoms with Gasteiger partial charge in [0, 0.05) is 42.3 Å². The Balaban J connectivity index is 1.51. The van der Waals surface area contributed by atoms with Gasteiger partial charge in [0.2, 0.25) is 5.91 Å². The van der Waals surface area contributed by atoms with Crippen molar-refractivity contribution in [3.8, 4) is 11.3 Å². The zero-order valence-electron chi connectivity index (χ0n) is 17.9. The molecule has 5 nitrogen and oxygen atoms in total. The largest absolute Gasteiger partial charge is 0.379 e. The fraction of sp³-hybridized carbons (Fsp3) is 0.400. The summed E-state index contributed by atoms with van der Waals surface area (Å²) in [5.74, 6) is 0.517. The van der Waals surface area contributed by atoms with Crippen molar-refractivity contribution >= 4 is 16.8 Å². The van der Waals surface area contributed by atoms with Crippen molar-refractivity contribution in [2.24, 2.45) is 5.92 Å². The number of ether oxygens (including phenoxy) is 1. The van der Waals surface area contributed by atoms with Gasteiger partial charge in [-0.05, 0) is 23.6 Å². The molecule has 158 valence electrons. The van der Waals surface area contributed by atoms with E-state index in [1.165, 1.54) is 0 Å². The lowest BCUT2D eigenvalue weighted by Crippen LogP contribution is -2.51. The molecule has 0 aliphatic carbocycles. The standard InChI is InChI=1S/C25H31N3O2/c1-19(2)24(27-12-14-30-15-13-27)17-26-25(29)18-28-22-11-7-6-10-21(22)16-23(28)20-8-4-3-5-9-20/h3-11,16,19,24H,12-15,17-18H2,1-2H3,(H,26,29). The number of benzene rings is 2. The highest BCUT2D eigenvalue weighted by atomic mass is 16.5. The van der Waals surface area contributed by atoms with Crippen molar-refractivity contribution in [1.82, 2.24) is 14.8 Å². The van der Waals surface area contributed by atoms with Crippen molar-refractivity contribution in [2.45, 2.75) is 26.4 Å². The van der Waals surface area contributed by atoms with E-state index < -0.39 is 0 Å². The molecule has 0 saturated carbocycles. The first-order chi connectivity index (χ1) is 14.6. The average molecular weight is 406 g/mol. The van der Waals surface area contributed by atoms with E-state index in [-0.39, 0.29) is 5.91 Å². The minimum Gasteiger partial charge on any atom is -0.379 e. The molecule has 3 aromatic rings. The second kappa shape index (κ2) is 9.45. The van der Waals surface area contributed by atoms with Gasteiger partial charge in [-0.1, -0.05) is 62.4 Å². The fourth-order valence-electron chi connectivity index (χ4n) is 4.34. The number of hydrogen-bond donors (Lipinski definition) is 1. The summed E-state index contributed by atoms with van der Waals surface area (Å²) < 4.78 is 7.61. The Labute approximate surface area is 178 Å². The van der Waals surface area contributed by atoms with Crippen molar-refractivity contribution in [3.05, 3.63) is 60.7 Å². The number of carbonyl (C=O) groups excluding carboxylic acids is 1. The monoisotopic (exact) mass is 405 g/mol. The van der Waals surface area contributed by atoms with E-state index in [1.807, 2.05) is 30.3 Å². The molecule has 1 unspecified atom stereocenters. The molecule has 0 bridgehead atoms. The van der Waals surface area contributed by atoms with Crippen LogP contribution in [0.5, 0.6) is 0 Å². The molecule has 2 heterocycles. The fourth-order valence-corrected chi connectivity index (χ4v) is 4.34. The van der Waals surface area contributed by atoms with Crippen molar-refractivity contribution in [2.75, 3.05) is 32.8 Å². The second-order valence-corrected chi connectivity index (χ2v) is 8.30. The number of aromatic nitrogens is 1. The number of nitrogens with one attached hydrogen (secondary N) is 1. The number of fused-ring (bicyclic) bond motifs is 1. The van der Waals surface area contributed by atoms with Crippen LogP contribution in [0, 0.1) is 5.92 Å². The summed E-state index contributed by atoms with van der Waals surface area (Å²) in [6.45, 7) is 8.82. The minimum atomic E-state index is 0.0486. The Morgan fingerprint density at radius 1 is 1.03 bits per heavy atom. The van der Waals surface area contributed by atoms with Gasteiger partial charge in [0.15, 0.2) is 0 Å². The molecule has 0 radical (unpaired) electrons. The molecule has 4 rings (SSSR count). The van der Waals surface area contributed by atoms with Gasteiger partial charge in [-0.25, -0.2) is 0 Å². The summed E-state index contributed by atoms with van der Waals surface area (Å²) in [7, 11) is 0. The molecule has 1 atom stereocenters. The predicted octanol–water partition coefficient (Wildman–Crippen LogP) is 3.78. The number of rotatable bonds is 7. The normalized spacial score (nSPS) is 16.1. The van der Waals surface area contributed by atoms with Gasteiger partial charge >= 0.3 is 0 Å². The average Bonchev–Trinajstić information content (AvgIpc) is 3.13. The van der Waals surface area contributed by atoms with E-state index in [2.05, 4.69) is 59.0 Å². The number of hydrogen-bond acceptors (Lipinski definition) is 3. The van der Waals surface area contributed by atoms with E-state index in [4.69, 9.17) is 4.74 Å². The first kappa shape index (κ1) is 20.6. The van der Waals surface area contributed by atoms with Crippen molar-refractivity contribution in [1.29, 1.82) is 0 Å². The highest BCUT2D eigenvalue weighted by molar-refractivity contribution is 5.89. The third-order valence-corrected chi connectivity index (χ3v) is 5.97. The first-order valence-electron chi connectivity index (χ1n) is 10.9. The quantitative estimate of drug-likeness (QED) is 0.651. The van der Waals surface area contributed by atoms with Crippen molar-refractivity contribution in [3.63, 3.8) is 0 Å². The molecule has 1 aliphatic heterocycles. The number of carbonyl (C=O) groups is 1. The van der Waals surface area contributed by atoms with E-state index >= 15 is 0 Å². The molecule has 0 spiro atoms. The predicted molar refractivity (Wildman–Crippen MR) is 121 cm³/mol. The highest BCUT2D eigenvalue weighted by Gasteiger charge is 2.24. The van der Waals surface area contributed by atoms with Gasteiger partial charge in [-0.3, -0.25) is 9.69 Å². The summed E-state index contributed by atoms with van der Waals surface area (Å²) in [5.41, 5.74) is 3.27. The van der Waals surface area contributed by atoms with Crippen LogP contribution in [-0.2, 0) is 16.1 Å². The maximum Gasteiger partial charge on any atom is 0.240 e. The Bertz CT molecular complexity index is 974. The van der Waals surface area contributed by atoms with Crippen LogP contribution in [-0.4, -0.2) is 54.3 Å². The highest BCUT2D eigenvalue weighted by Crippen LogP contribution is 2.28. The summed E-state index contributed by atoms with van der Waals surface area (Å²) in [4.78, 5) is 15.4. The minimum absolute atomic E-state index is 0.0486. The molecular weight excluding hydrogens is 374 g/mol. The summed E-state index contributed by atoms with van der Waals surface area (Å²) in [5, 5.41) is 4.35. The van der Waals surface area contributed by atoms with Crippen LogP contribution >= 0.6 is 0 Å². The van der Waals surface area contributed by atoms with E-state index in [0.717, 1.165) is 48.5 Å². The van der Waals surface area contributed by atoms with Gasteiger partial charge in [0.1, 0.15) is 6.54 Å². The number of para-hydroxylation sites is 1. The van der Waals surface area contributed by atoms with Crippen LogP contribution in [0.15, 0.2) is 60.7 Å². The number of morpholine rings is 1. The van der Waals surface area contributed by atoms with E-state index in [9.17, 15) is 4.79 Å². The number of nitrogens with zero attached hydrogens (tertiary/aromatic N) is 2. The van der Waals surface area contributed by atoms with Gasteiger partial charge < -0.3 is 14.6 Å². The molecule has 1 N–H and O–H groups in total. The lowest BCUT2D eigenvalue weighted by atomic mass is 10.0. The van der Waals surface area contributed by atoms with Gasteiger partial charge in [0.05, 0.1) is 13.2 Å². The van der Waals surface area contributed by atoms with Crippen LogP contribution in [0.3, 0.4) is 0 Å². The Kier molecular flexibility index (Phi) is 6.50. The van der Waals surface area contributed by atoms with Gasteiger partial charge in [0.25, 0.3) is 0 Å². The Morgan fingerprint density at radius 3 is 2.47 bits per heavy atom. The zero-order valence-corrected chi connectivity index (χ0v) is 17.9. The number of amides is 1. The molecule has 1 aliphatic rings. The van der Waals surface area contributed by atoms with Gasteiger partial charge in [-0.2, -0.15) is 0 Å². The van der Waals surface area contributed by atoms with Gasteiger partial charge in [-0.15, -0.1) is 0 Å². The van der Waals surface area contributed by atoms with Crippen LogP contribution in [0.25, 0.3) is 22.2 Å². The molecular formula is C25H31N3O2. The maximum atomic E-state index is 13.0. The van der Waals surface area contributed by atoms with E-state index in [0.29, 0.717) is 25.0 Å². The maximum absolute atomic E-state index is 13.0. The first-order valence-corrected chi connectivity index (χ1v) is 10.9. The summed E-state index contributed by atoms with van der Waals surface area (Å²) in [6, 6.07) is 21.0. The topological polar surface area (TPSA) is 46.5 Å². The lowest BCUT2D eigenvalue weighted by Gasteiger charge is -2.37. The van der Waals surface area contributed by atoms with Crippen LogP contribution in [0.4, 0.5) is 0 Å². The molecule has 1 aromatic heterocycles. The summed E-state index contributed by atoms with van der Waals surface area (Å²) in [6.07, 6.45) is 0. The molecule has 1 saturated heterocycles. The Morgan fingerprint density at radius 2 is 1.73 bits per heavy atom.